The first-order chi connectivity index (χ1) is 30.0. The van der Waals surface area contributed by atoms with Crippen molar-refractivity contribution in [2.24, 2.45) is 23.2 Å². The molecule has 1 aromatic rings. The highest BCUT2D eigenvalue weighted by molar-refractivity contribution is 5.99. The SMILES string of the molecule is C=C(CCC12OC(C(=O)OCC(=O)OC(C)(C)C)C(O)(C(=O)OCOC(=O)C(C)(C)C)C(C(=O)O)(O1)[C@H](OC(=O)/C=C/[C@@H](C)C[C@@H](C)CC)[C@H]2O)[C@@H](OC(C)=O)[C@H](C)Cc1ccccc1. The van der Waals surface area contributed by atoms with E-state index in [0.717, 1.165) is 18.1 Å². The Morgan fingerprint density at radius 1 is 0.954 bits per heavy atom. The van der Waals surface area contributed by atoms with Gasteiger partial charge in [0, 0.05) is 25.3 Å². The molecule has 2 aliphatic rings. The Kier molecular flexibility index (Phi) is 18.2. The number of hydrogen-bond acceptors (Lipinski definition) is 17. The largest absolute Gasteiger partial charge is 0.479 e. The number of rotatable bonds is 21. The number of benzene rings is 1. The first-order valence-electron chi connectivity index (χ1n) is 21.6. The second kappa shape index (κ2) is 21.9. The minimum absolute atomic E-state index is 0.183. The monoisotopic (exact) mass is 918 g/mol. The van der Waals surface area contributed by atoms with Crippen LogP contribution >= 0.6 is 0 Å². The number of aliphatic hydroxyl groups excluding tert-OH is 1. The molecule has 3 N–H and O–H groups in total. The van der Waals surface area contributed by atoms with Crippen LogP contribution in [0.15, 0.2) is 54.6 Å². The lowest BCUT2D eigenvalue weighted by Gasteiger charge is -2.49. The Bertz CT molecular complexity index is 1930. The molecular formula is C47H66O18. The number of carbonyl (C=O) groups excluding carboxylic acids is 6. The maximum Gasteiger partial charge on any atom is 0.348 e. The van der Waals surface area contributed by atoms with Crippen molar-refractivity contribution >= 4 is 41.8 Å². The quantitative estimate of drug-likeness (QED) is 0.0497. The molecule has 2 bridgehead atoms. The number of esters is 6. The summed E-state index contributed by atoms with van der Waals surface area (Å²) in [7, 11) is 0. The number of carbonyl (C=O) groups is 7. The second-order valence-corrected chi connectivity index (χ2v) is 18.9. The molecule has 2 heterocycles. The third kappa shape index (κ3) is 13.2. The van der Waals surface area contributed by atoms with E-state index in [0.29, 0.717) is 12.8 Å². The topological polar surface area (TPSA) is 254 Å². The molecule has 0 saturated carbocycles. The number of aliphatic hydroxyl groups is 2. The van der Waals surface area contributed by atoms with Crippen molar-refractivity contribution in [2.75, 3.05) is 13.4 Å². The van der Waals surface area contributed by atoms with E-state index in [1.54, 1.807) is 6.92 Å². The first-order valence-corrected chi connectivity index (χ1v) is 21.6. The standard InChI is InChI=1S/C47H66O18/c1-13-27(2)23-28(3)19-20-33(49)62-37-36(51)45(22-21-29(4)35(61-31(6)48)30(5)24-32-17-15-14-16-18-32)64-38(39(52)58-25-34(50)63-44(10,11)12)46(57,47(37,65-45)40(53)54)42(56)60-26-59-41(55)43(7,8)9/h14-20,27-28,30,35-38,51,57H,4,13,21-26H2,1-3,5-12H3,(H,53,54)/b20-19+/t27-,28+,30+,35+,36+,37+,38?,45?,46?,47?/m0/s1. The third-order valence-corrected chi connectivity index (χ3v) is 11.0. The highest BCUT2D eigenvalue weighted by Crippen LogP contribution is 2.56. The van der Waals surface area contributed by atoms with Crippen LogP contribution in [0.1, 0.15) is 107 Å². The van der Waals surface area contributed by atoms with Gasteiger partial charge in [-0.25, -0.2) is 24.0 Å². The van der Waals surface area contributed by atoms with Gasteiger partial charge in [-0.05, 0) is 83.8 Å². The van der Waals surface area contributed by atoms with Gasteiger partial charge < -0.3 is 53.2 Å². The van der Waals surface area contributed by atoms with Crippen molar-refractivity contribution in [1.29, 1.82) is 0 Å². The molecule has 0 amide bonds. The number of ether oxygens (including phenoxy) is 8. The molecule has 2 aliphatic heterocycles. The van der Waals surface area contributed by atoms with Crippen LogP contribution in [0.5, 0.6) is 0 Å². The summed E-state index contributed by atoms with van der Waals surface area (Å²) in [6.07, 6.45) is -5.36. The molecule has 0 aliphatic carbocycles. The highest BCUT2D eigenvalue weighted by atomic mass is 16.8. The average molecular weight is 919 g/mol. The summed E-state index contributed by atoms with van der Waals surface area (Å²) in [5.41, 5.74) is -8.67. The smallest absolute Gasteiger partial charge is 0.348 e. The molecule has 0 radical (unpaired) electrons. The average Bonchev–Trinajstić information content (AvgIpc) is 3.42. The molecule has 18 nitrogen and oxygen atoms in total. The van der Waals surface area contributed by atoms with Crippen molar-refractivity contribution in [3.63, 3.8) is 0 Å². The number of allylic oxidation sites excluding steroid dienone is 1. The summed E-state index contributed by atoms with van der Waals surface area (Å²) >= 11 is 0. The maximum atomic E-state index is 14.3. The van der Waals surface area contributed by atoms with Gasteiger partial charge in [0.2, 0.25) is 29.9 Å². The van der Waals surface area contributed by atoms with Gasteiger partial charge in [0.1, 0.15) is 17.8 Å². The minimum atomic E-state index is -3.95. The molecule has 2 saturated heterocycles. The zero-order valence-corrected chi connectivity index (χ0v) is 39.2. The predicted molar refractivity (Wildman–Crippen MR) is 229 cm³/mol. The summed E-state index contributed by atoms with van der Waals surface area (Å²) in [4.78, 5) is 93.5. The van der Waals surface area contributed by atoms with Crippen LogP contribution < -0.4 is 0 Å². The van der Waals surface area contributed by atoms with E-state index in [1.165, 1.54) is 54.5 Å². The van der Waals surface area contributed by atoms with Crippen LogP contribution in [0.4, 0.5) is 0 Å². The van der Waals surface area contributed by atoms with Gasteiger partial charge in [-0.2, -0.15) is 0 Å². The normalized spacial score (nSPS) is 25.9. The summed E-state index contributed by atoms with van der Waals surface area (Å²) in [6.45, 7) is 19.6. The number of aliphatic carboxylic acids is 1. The molecule has 362 valence electrons. The third-order valence-electron chi connectivity index (χ3n) is 11.0. The fourth-order valence-electron chi connectivity index (χ4n) is 7.60. The van der Waals surface area contributed by atoms with Crippen LogP contribution in [0.3, 0.4) is 0 Å². The molecule has 0 aromatic heterocycles. The Balaban J connectivity index is 2.21. The molecular weight excluding hydrogens is 852 g/mol. The summed E-state index contributed by atoms with van der Waals surface area (Å²) in [5, 5.41) is 36.0. The van der Waals surface area contributed by atoms with Crippen LogP contribution in [0.2, 0.25) is 0 Å². The van der Waals surface area contributed by atoms with E-state index in [4.69, 9.17) is 37.9 Å². The molecule has 65 heavy (non-hydrogen) atoms. The number of carboxylic acid groups (broad SMARTS) is 1. The van der Waals surface area contributed by atoms with Crippen molar-refractivity contribution in [3.8, 4) is 0 Å². The van der Waals surface area contributed by atoms with Crippen molar-refractivity contribution in [3.05, 3.63) is 60.2 Å². The Hall–Kier alpha value is -5.17. The molecule has 0 spiro atoms. The molecule has 4 unspecified atom stereocenters. The van der Waals surface area contributed by atoms with Gasteiger partial charge >= 0.3 is 41.8 Å². The van der Waals surface area contributed by atoms with Crippen molar-refractivity contribution in [2.45, 2.75) is 155 Å². The first kappa shape index (κ1) is 54.2. The Labute approximate surface area is 379 Å². The fourth-order valence-corrected chi connectivity index (χ4v) is 7.60. The Morgan fingerprint density at radius 2 is 1.58 bits per heavy atom. The zero-order valence-electron chi connectivity index (χ0n) is 39.2. The zero-order chi connectivity index (χ0) is 49.3. The van der Waals surface area contributed by atoms with E-state index in [-0.39, 0.29) is 23.8 Å². The van der Waals surface area contributed by atoms with E-state index in [1.807, 2.05) is 51.1 Å². The molecule has 10 atom stereocenters. The van der Waals surface area contributed by atoms with E-state index in [2.05, 4.69) is 6.58 Å². The van der Waals surface area contributed by atoms with Crippen LogP contribution in [0, 0.1) is 23.2 Å². The molecule has 3 rings (SSSR count). The van der Waals surface area contributed by atoms with Crippen molar-refractivity contribution < 1.29 is 86.8 Å². The van der Waals surface area contributed by atoms with Gasteiger partial charge in [0.05, 0.1) is 5.41 Å². The number of fused-ring (bicyclic) bond motifs is 2. The predicted octanol–water partition coefficient (Wildman–Crippen LogP) is 4.69. The Morgan fingerprint density at radius 3 is 2.14 bits per heavy atom. The van der Waals surface area contributed by atoms with Gasteiger partial charge in [-0.1, -0.05) is 77.1 Å². The molecule has 1 aromatic carbocycles. The highest BCUT2D eigenvalue weighted by Gasteiger charge is 2.86. The summed E-state index contributed by atoms with van der Waals surface area (Å²) in [5.74, 6) is -13.0. The second-order valence-electron chi connectivity index (χ2n) is 18.9. The minimum Gasteiger partial charge on any atom is -0.479 e. The number of hydrogen-bond donors (Lipinski definition) is 3. The lowest BCUT2D eigenvalue weighted by atomic mass is 9.74. The number of carboxylic acids is 1. The van der Waals surface area contributed by atoms with Gasteiger partial charge in [-0.3, -0.25) is 9.59 Å². The van der Waals surface area contributed by atoms with Gasteiger partial charge in [0.25, 0.3) is 0 Å². The lowest BCUT2D eigenvalue weighted by Crippen LogP contribution is -2.78. The van der Waals surface area contributed by atoms with Gasteiger partial charge in [0.15, 0.2) is 12.7 Å². The van der Waals surface area contributed by atoms with Crippen LogP contribution in [-0.2, 0) is 77.9 Å². The maximum absolute atomic E-state index is 14.3. The van der Waals surface area contributed by atoms with Crippen LogP contribution in [-0.4, -0.2) is 118 Å². The van der Waals surface area contributed by atoms with E-state index in [9.17, 15) is 48.9 Å². The van der Waals surface area contributed by atoms with E-state index < -0.39 is 120 Å². The van der Waals surface area contributed by atoms with E-state index >= 15 is 0 Å². The molecule has 18 heteroatoms. The van der Waals surface area contributed by atoms with Gasteiger partial charge in [-0.15, -0.1) is 0 Å². The van der Waals surface area contributed by atoms with Crippen LogP contribution in [0.25, 0.3) is 0 Å². The summed E-state index contributed by atoms with van der Waals surface area (Å²) in [6, 6.07) is 9.25. The van der Waals surface area contributed by atoms with Crippen molar-refractivity contribution in [1.82, 2.24) is 0 Å². The fraction of sp³-hybridized carbons (Fsp3) is 0.638. The summed E-state index contributed by atoms with van der Waals surface area (Å²) < 4.78 is 43.8. The molecule has 2 fully saturated rings. The lowest BCUT2D eigenvalue weighted by molar-refractivity contribution is -0.375.